The highest BCUT2D eigenvalue weighted by atomic mass is 16.5. The van der Waals surface area contributed by atoms with Crippen molar-refractivity contribution in [1.82, 2.24) is 0 Å². The lowest BCUT2D eigenvalue weighted by Gasteiger charge is -2.11. The molecule has 5 nitrogen and oxygen atoms in total. The summed E-state index contributed by atoms with van der Waals surface area (Å²) < 4.78 is 11.1. The van der Waals surface area contributed by atoms with Crippen LogP contribution in [0.1, 0.15) is 30.9 Å². The Morgan fingerprint density at radius 3 is 2.56 bits per heavy atom. The predicted octanol–water partition coefficient (Wildman–Crippen LogP) is 4.73. The van der Waals surface area contributed by atoms with E-state index in [9.17, 15) is 10.1 Å². The second kappa shape index (κ2) is 10.0. The number of nitriles is 1. The van der Waals surface area contributed by atoms with Crippen LogP contribution < -0.4 is 14.8 Å². The third kappa shape index (κ3) is 5.89. The molecule has 0 aliphatic heterocycles. The van der Waals surface area contributed by atoms with E-state index in [0.717, 1.165) is 18.4 Å². The first kappa shape index (κ1) is 20.1. The van der Waals surface area contributed by atoms with Crippen LogP contribution in [0.3, 0.4) is 0 Å². The van der Waals surface area contributed by atoms with E-state index in [1.165, 1.54) is 6.08 Å². The van der Waals surface area contributed by atoms with Gasteiger partial charge in [-0.2, -0.15) is 5.26 Å². The van der Waals surface area contributed by atoms with Gasteiger partial charge in [0.25, 0.3) is 5.91 Å². The van der Waals surface area contributed by atoms with Crippen LogP contribution in [0, 0.1) is 18.3 Å². The first-order valence-electron chi connectivity index (χ1n) is 8.88. The molecule has 0 bridgehead atoms. The van der Waals surface area contributed by atoms with Crippen molar-refractivity contribution in [3.05, 3.63) is 59.2 Å². The summed E-state index contributed by atoms with van der Waals surface area (Å²) in [5.41, 5.74) is 2.43. The molecule has 0 saturated heterocycles. The van der Waals surface area contributed by atoms with Crippen LogP contribution >= 0.6 is 0 Å². The molecule has 5 heteroatoms. The maximum Gasteiger partial charge on any atom is 0.266 e. The summed E-state index contributed by atoms with van der Waals surface area (Å²) in [7, 11) is 1.56. The van der Waals surface area contributed by atoms with Gasteiger partial charge in [0.1, 0.15) is 11.6 Å². The molecule has 0 spiro atoms. The van der Waals surface area contributed by atoms with Crippen molar-refractivity contribution < 1.29 is 14.3 Å². The lowest BCUT2D eigenvalue weighted by atomic mass is 10.1. The number of carbonyl (C=O) groups excluding carboxylic acids is 1. The van der Waals surface area contributed by atoms with Crippen LogP contribution in [-0.2, 0) is 4.79 Å². The lowest BCUT2D eigenvalue weighted by molar-refractivity contribution is -0.112. The van der Waals surface area contributed by atoms with Gasteiger partial charge >= 0.3 is 0 Å². The highest BCUT2D eigenvalue weighted by Gasteiger charge is 2.11. The Bertz CT molecular complexity index is 849. The van der Waals surface area contributed by atoms with Crippen molar-refractivity contribution in [2.45, 2.75) is 26.7 Å². The van der Waals surface area contributed by atoms with Crippen molar-refractivity contribution >= 4 is 17.7 Å². The summed E-state index contributed by atoms with van der Waals surface area (Å²) in [5, 5.41) is 12.1. The summed E-state index contributed by atoms with van der Waals surface area (Å²) in [6.07, 6.45) is 3.54. The Hall–Kier alpha value is -3.26. The molecule has 0 aromatic heterocycles. The van der Waals surface area contributed by atoms with E-state index in [2.05, 4.69) is 12.2 Å². The number of carbonyl (C=O) groups is 1. The summed E-state index contributed by atoms with van der Waals surface area (Å²) >= 11 is 0. The largest absolute Gasteiger partial charge is 0.493 e. The van der Waals surface area contributed by atoms with E-state index in [1.54, 1.807) is 37.4 Å². The summed E-state index contributed by atoms with van der Waals surface area (Å²) in [6.45, 7) is 4.68. The Morgan fingerprint density at radius 2 is 1.93 bits per heavy atom. The molecule has 0 aliphatic carbocycles. The molecule has 0 saturated carbocycles. The minimum absolute atomic E-state index is 0.0114. The number of hydrogen-bond donors (Lipinski definition) is 1. The number of ether oxygens (including phenoxy) is 2. The van der Waals surface area contributed by atoms with Gasteiger partial charge in [0, 0.05) is 5.69 Å². The number of methoxy groups -OCH3 is 1. The van der Waals surface area contributed by atoms with E-state index >= 15 is 0 Å². The number of amides is 1. The van der Waals surface area contributed by atoms with Crippen LogP contribution in [0.2, 0.25) is 0 Å². The minimum Gasteiger partial charge on any atom is -0.493 e. The quantitative estimate of drug-likeness (QED) is 0.418. The number of benzene rings is 2. The molecule has 1 N–H and O–H groups in total. The molecule has 0 radical (unpaired) electrons. The molecule has 27 heavy (non-hydrogen) atoms. The molecule has 2 aromatic carbocycles. The molecule has 0 unspecified atom stereocenters. The van der Waals surface area contributed by atoms with Gasteiger partial charge in [0.15, 0.2) is 11.5 Å². The zero-order valence-corrected chi connectivity index (χ0v) is 15.9. The van der Waals surface area contributed by atoms with Crippen molar-refractivity contribution in [1.29, 1.82) is 5.26 Å². The van der Waals surface area contributed by atoms with Crippen LogP contribution in [-0.4, -0.2) is 19.6 Å². The Kier molecular flexibility index (Phi) is 7.45. The number of nitrogens with zero attached hydrogens (tertiary/aromatic N) is 1. The third-order valence-corrected chi connectivity index (χ3v) is 3.93. The molecule has 0 fully saturated rings. The Balaban J connectivity index is 2.17. The topological polar surface area (TPSA) is 71.3 Å². The average molecular weight is 364 g/mol. The van der Waals surface area contributed by atoms with Gasteiger partial charge in [-0.25, -0.2) is 0 Å². The first-order valence-corrected chi connectivity index (χ1v) is 8.88. The van der Waals surface area contributed by atoms with Gasteiger partial charge in [0.05, 0.1) is 13.7 Å². The molecule has 0 atom stereocenters. The number of hydrogen-bond acceptors (Lipinski definition) is 4. The standard InChI is InChI=1S/C22H24N2O3/c1-4-5-12-27-20-11-8-17(14-21(20)26-3)13-18(15-23)22(25)24-19-9-6-16(2)7-10-19/h6-11,13-14H,4-5,12H2,1-3H3,(H,24,25)/b18-13-. The van der Waals surface area contributed by atoms with E-state index in [0.29, 0.717) is 29.4 Å². The molecule has 1 amide bonds. The summed E-state index contributed by atoms with van der Waals surface area (Å²) in [5.74, 6) is 0.755. The first-order chi connectivity index (χ1) is 13.1. The normalized spacial score (nSPS) is 10.8. The molecule has 0 heterocycles. The fourth-order valence-electron chi connectivity index (χ4n) is 2.37. The van der Waals surface area contributed by atoms with Crippen molar-refractivity contribution in [3.8, 4) is 17.6 Å². The van der Waals surface area contributed by atoms with E-state index in [1.807, 2.05) is 25.1 Å². The molecule has 0 aliphatic rings. The Morgan fingerprint density at radius 1 is 1.19 bits per heavy atom. The molecule has 140 valence electrons. The Labute approximate surface area is 160 Å². The van der Waals surface area contributed by atoms with E-state index in [-0.39, 0.29) is 5.57 Å². The molecule has 2 aromatic rings. The highest BCUT2D eigenvalue weighted by molar-refractivity contribution is 6.09. The van der Waals surface area contributed by atoms with Crippen LogP contribution in [0.15, 0.2) is 48.0 Å². The highest BCUT2D eigenvalue weighted by Crippen LogP contribution is 2.29. The maximum absolute atomic E-state index is 12.4. The van der Waals surface area contributed by atoms with Gasteiger partial charge in [-0.15, -0.1) is 0 Å². The van der Waals surface area contributed by atoms with Gasteiger partial charge in [0.2, 0.25) is 0 Å². The third-order valence-electron chi connectivity index (χ3n) is 3.93. The van der Waals surface area contributed by atoms with Gasteiger partial charge in [-0.1, -0.05) is 37.1 Å². The zero-order chi connectivity index (χ0) is 19.6. The van der Waals surface area contributed by atoms with Crippen molar-refractivity contribution in [2.24, 2.45) is 0 Å². The van der Waals surface area contributed by atoms with Crippen LogP contribution in [0.25, 0.3) is 6.08 Å². The van der Waals surface area contributed by atoms with Gasteiger partial charge < -0.3 is 14.8 Å². The van der Waals surface area contributed by atoms with E-state index < -0.39 is 5.91 Å². The number of aryl methyl sites for hydroxylation is 1. The SMILES string of the molecule is CCCCOc1ccc(/C=C(/C#N)C(=O)Nc2ccc(C)cc2)cc1OC. The summed E-state index contributed by atoms with van der Waals surface area (Å²) in [6, 6.07) is 14.7. The van der Waals surface area contributed by atoms with Crippen LogP contribution in [0.4, 0.5) is 5.69 Å². The van der Waals surface area contributed by atoms with Gasteiger partial charge in [-0.05, 0) is 49.2 Å². The fraction of sp³-hybridized carbons (Fsp3) is 0.273. The van der Waals surface area contributed by atoms with Crippen molar-refractivity contribution in [2.75, 3.05) is 19.0 Å². The summed E-state index contributed by atoms with van der Waals surface area (Å²) in [4.78, 5) is 12.4. The monoisotopic (exact) mass is 364 g/mol. The smallest absolute Gasteiger partial charge is 0.266 e. The molecular weight excluding hydrogens is 340 g/mol. The van der Waals surface area contributed by atoms with Gasteiger partial charge in [-0.3, -0.25) is 4.79 Å². The predicted molar refractivity (Wildman–Crippen MR) is 107 cm³/mol. The average Bonchev–Trinajstić information content (AvgIpc) is 2.68. The second-order valence-corrected chi connectivity index (χ2v) is 6.10. The number of anilines is 1. The number of unbranched alkanes of at least 4 members (excludes halogenated alkanes) is 1. The van der Waals surface area contributed by atoms with Crippen LogP contribution in [0.5, 0.6) is 11.5 Å². The van der Waals surface area contributed by atoms with Crippen molar-refractivity contribution in [3.63, 3.8) is 0 Å². The second-order valence-electron chi connectivity index (χ2n) is 6.10. The number of nitrogens with one attached hydrogen (secondary N) is 1. The molecule has 2 rings (SSSR count). The maximum atomic E-state index is 12.4. The number of rotatable bonds is 8. The lowest BCUT2D eigenvalue weighted by Crippen LogP contribution is -2.13. The minimum atomic E-state index is -0.455. The fourth-order valence-corrected chi connectivity index (χ4v) is 2.37. The van der Waals surface area contributed by atoms with E-state index in [4.69, 9.17) is 9.47 Å². The zero-order valence-electron chi connectivity index (χ0n) is 15.9. The molecular formula is C22H24N2O3.